The highest BCUT2D eigenvalue weighted by atomic mass is 35.5. The summed E-state index contributed by atoms with van der Waals surface area (Å²) in [4.78, 5) is 0. The van der Waals surface area contributed by atoms with E-state index in [2.05, 4.69) is 5.32 Å². The Kier molecular flexibility index (Phi) is 4.05. The zero-order valence-electron chi connectivity index (χ0n) is 7.97. The third-order valence-corrected chi connectivity index (χ3v) is 2.76. The molecular formula is C10H13Cl2NO. The molecule has 78 valence electrons. The van der Waals surface area contributed by atoms with Crippen LogP contribution in [0.3, 0.4) is 0 Å². The fraction of sp³-hybridized carbons (Fsp3) is 0.400. The first kappa shape index (κ1) is 11.6. The van der Waals surface area contributed by atoms with Gasteiger partial charge in [0.05, 0.1) is 7.11 Å². The Bertz CT molecular complexity index is 328. The molecule has 0 amide bonds. The lowest BCUT2D eigenvalue weighted by Crippen LogP contribution is -2.24. The van der Waals surface area contributed by atoms with E-state index in [4.69, 9.17) is 16.3 Å². The molecule has 1 aliphatic heterocycles. The smallest absolute Gasteiger partial charge is 0.122 e. The number of halogens is 2. The fourth-order valence-corrected chi connectivity index (χ4v) is 1.97. The third-order valence-electron chi connectivity index (χ3n) is 2.40. The molecule has 1 N–H and O–H groups in total. The number of methoxy groups -OCH3 is 1. The zero-order chi connectivity index (χ0) is 9.26. The van der Waals surface area contributed by atoms with E-state index in [-0.39, 0.29) is 12.4 Å². The molecule has 2 nitrogen and oxygen atoms in total. The van der Waals surface area contributed by atoms with Crippen molar-refractivity contribution in [2.24, 2.45) is 0 Å². The molecule has 0 atom stereocenters. The molecule has 1 aromatic carbocycles. The predicted molar refractivity (Wildman–Crippen MR) is 60.7 cm³/mol. The van der Waals surface area contributed by atoms with E-state index in [0.717, 1.165) is 30.3 Å². The Morgan fingerprint density at radius 3 is 2.86 bits per heavy atom. The maximum absolute atomic E-state index is 6.08. The number of hydrogen-bond donors (Lipinski definition) is 1. The Hall–Kier alpha value is -0.440. The molecule has 0 saturated carbocycles. The second-order valence-electron chi connectivity index (χ2n) is 3.13. The SMILES string of the molecule is COc1ccc(Cl)c2c1CCNC2.Cl. The van der Waals surface area contributed by atoms with Crippen LogP contribution in [0.4, 0.5) is 0 Å². The van der Waals surface area contributed by atoms with Gasteiger partial charge in [-0.3, -0.25) is 0 Å². The van der Waals surface area contributed by atoms with E-state index in [9.17, 15) is 0 Å². The van der Waals surface area contributed by atoms with Gasteiger partial charge < -0.3 is 10.1 Å². The predicted octanol–water partition coefficient (Wildman–Crippen LogP) is 2.42. The lowest BCUT2D eigenvalue weighted by Gasteiger charge is -2.20. The van der Waals surface area contributed by atoms with Crippen LogP contribution in [0.5, 0.6) is 5.75 Å². The Labute approximate surface area is 95.0 Å². The first-order chi connectivity index (χ1) is 6.33. The molecule has 0 spiro atoms. The van der Waals surface area contributed by atoms with Gasteiger partial charge in [-0.25, -0.2) is 0 Å². The van der Waals surface area contributed by atoms with Gasteiger partial charge in [-0.15, -0.1) is 12.4 Å². The molecule has 0 unspecified atom stereocenters. The number of fused-ring (bicyclic) bond motifs is 1. The number of benzene rings is 1. The van der Waals surface area contributed by atoms with Gasteiger partial charge in [-0.05, 0) is 30.7 Å². The fourth-order valence-electron chi connectivity index (χ4n) is 1.73. The van der Waals surface area contributed by atoms with Crippen LogP contribution in [0.2, 0.25) is 5.02 Å². The van der Waals surface area contributed by atoms with Gasteiger partial charge in [-0.2, -0.15) is 0 Å². The van der Waals surface area contributed by atoms with E-state index in [1.54, 1.807) is 7.11 Å². The second-order valence-corrected chi connectivity index (χ2v) is 3.54. The van der Waals surface area contributed by atoms with Crippen molar-refractivity contribution in [3.63, 3.8) is 0 Å². The minimum absolute atomic E-state index is 0. The van der Waals surface area contributed by atoms with E-state index >= 15 is 0 Å². The van der Waals surface area contributed by atoms with Crippen LogP contribution in [-0.4, -0.2) is 13.7 Å². The summed E-state index contributed by atoms with van der Waals surface area (Å²) < 4.78 is 5.28. The molecule has 0 radical (unpaired) electrons. The normalized spacial score (nSPS) is 14.1. The summed E-state index contributed by atoms with van der Waals surface area (Å²) in [7, 11) is 1.70. The zero-order valence-corrected chi connectivity index (χ0v) is 9.54. The summed E-state index contributed by atoms with van der Waals surface area (Å²) in [6, 6.07) is 3.83. The van der Waals surface area contributed by atoms with Crippen LogP contribution in [0.1, 0.15) is 11.1 Å². The van der Waals surface area contributed by atoms with E-state index in [1.165, 1.54) is 11.1 Å². The quantitative estimate of drug-likeness (QED) is 0.805. The van der Waals surface area contributed by atoms with Gasteiger partial charge in [0.15, 0.2) is 0 Å². The summed E-state index contributed by atoms with van der Waals surface area (Å²) in [5.41, 5.74) is 2.45. The molecule has 0 aromatic heterocycles. The highest BCUT2D eigenvalue weighted by Crippen LogP contribution is 2.30. The van der Waals surface area contributed by atoms with Crippen molar-refractivity contribution in [1.82, 2.24) is 5.32 Å². The van der Waals surface area contributed by atoms with Crippen molar-refractivity contribution in [3.05, 3.63) is 28.3 Å². The second kappa shape index (κ2) is 4.87. The van der Waals surface area contributed by atoms with Crippen LogP contribution >= 0.6 is 24.0 Å². The number of nitrogens with one attached hydrogen (secondary N) is 1. The minimum Gasteiger partial charge on any atom is -0.496 e. The maximum Gasteiger partial charge on any atom is 0.122 e. The summed E-state index contributed by atoms with van der Waals surface area (Å²) in [5, 5.41) is 4.13. The van der Waals surface area contributed by atoms with E-state index in [0.29, 0.717) is 0 Å². The monoisotopic (exact) mass is 233 g/mol. The maximum atomic E-state index is 6.08. The molecule has 0 saturated heterocycles. The topological polar surface area (TPSA) is 21.3 Å². The lowest BCUT2D eigenvalue weighted by atomic mass is 10.00. The molecule has 1 aliphatic rings. The minimum atomic E-state index is 0. The Morgan fingerprint density at radius 2 is 2.14 bits per heavy atom. The van der Waals surface area contributed by atoms with Crippen LogP contribution in [-0.2, 0) is 13.0 Å². The molecule has 1 aromatic rings. The van der Waals surface area contributed by atoms with Gasteiger partial charge in [0, 0.05) is 17.1 Å². The van der Waals surface area contributed by atoms with Crippen LogP contribution in [0.15, 0.2) is 12.1 Å². The molecule has 4 heteroatoms. The Balaban J connectivity index is 0.000000980. The highest BCUT2D eigenvalue weighted by Gasteiger charge is 2.15. The largest absolute Gasteiger partial charge is 0.496 e. The molecule has 2 rings (SSSR count). The van der Waals surface area contributed by atoms with E-state index in [1.807, 2.05) is 12.1 Å². The first-order valence-corrected chi connectivity index (χ1v) is 4.75. The van der Waals surface area contributed by atoms with Crippen molar-refractivity contribution in [3.8, 4) is 5.75 Å². The number of rotatable bonds is 1. The molecular weight excluding hydrogens is 221 g/mol. The van der Waals surface area contributed by atoms with Crippen LogP contribution in [0.25, 0.3) is 0 Å². The van der Waals surface area contributed by atoms with Gasteiger partial charge in [0.25, 0.3) is 0 Å². The van der Waals surface area contributed by atoms with Crippen LogP contribution in [0, 0.1) is 0 Å². The molecule has 14 heavy (non-hydrogen) atoms. The van der Waals surface area contributed by atoms with Gasteiger partial charge >= 0.3 is 0 Å². The summed E-state index contributed by atoms with van der Waals surface area (Å²) in [5.74, 6) is 0.959. The van der Waals surface area contributed by atoms with Crippen molar-refractivity contribution in [1.29, 1.82) is 0 Å². The number of hydrogen-bond acceptors (Lipinski definition) is 2. The summed E-state index contributed by atoms with van der Waals surface area (Å²) in [6.45, 7) is 1.86. The average molecular weight is 234 g/mol. The van der Waals surface area contributed by atoms with Crippen molar-refractivity contribution < 1.29 is 4.74 Å². The van der Waals surface area contributed by atoms with Crippen molar-refractivity contribution >= 4 is 24.0 Å². The van der Waals surface area contributed by atoms with Gasteiger partial charge in [-0.1, -0.05) is 11.6 Å². The van der Waals surface area contributed by atoms with E-state index < -0.39 is 0 Å². The summed E-state index contributed by atoms with van der Waals surface area (Å²) in [6.07, 6.45) is 0.999. The average Bonchev–Trinajstić information content (AvgIpc) is 2.19. The Morgan fingerprint density at radius 1 is 1.36 bits per heavy atom. The molecule has 1 heterocycles. The third kappa shape index (κ3) is 1.97. The lowest BCUT2D eigenvalue weighted by molar-refractivity contribution is 0.406. The van der Waals surface area contributed by atoms with Crippen molar-refractivity contribution in [2.45, 2.75) is 13.0 Å². The van der Waals surface area contributed by atoms with Gasteiger partial charge in [0.1, 0.15) is 5.75 Å². The molecule has 0 fully saturated rings. The number of ether oxygens (including phenoxy) is 1. The first-order valence-electron chi connectivity index (χ1n) is 4.38. The highest BCUT2D eigenvalue weighted by molar-refractivity contribution is 6.31. The molecule has 0 aliphatic carbocycles. The van der Waals surface area contributed by atoms with Gasteiger partial charge in [0.2, 0.25) is 0 Å². The molecule has 0 bridgehead atoms. The van der Waals surface area contributed by atoms with Crippen LogP contribution < -0.4 is 10.1 Å². The van der Waals surface area contributed by atoms with Crippen molar-refractivity contribution in [2.75, 3.05) is 13.7 Å². The summed E-state index contributed by atoms with van der Waals surface area (Å²) >= 11 is 6.08. The standard InChI is InChI=1S/C10H12ClNO.ClH/c1-13-10-3-2-9(11)8-6-12-5-4-7(8)10;/h2-3,12H,4-6H2,1H3;1H.